The van der Waals surface area contributed by atoms with Crippen LogP contribution < -0.4 is 5.32 Å². The third-order valence-corrected chi connectivity index (χ3v) is 3.34. The van der Waals surface area contributed by atoms with Gasteiger partial charge < -0.3 is 0 Å². The zero-order valence-corrected chi connectivity index (χ0v) is 12.5. The number of amides is 2. The topological polar surface area (TPSA) is 49.4 Å². The zero-order chi connectivity index (χ0) is 17.2. The number of alkyl halides is 3. The minimum absolute atomic E-state index is 0.0684. The number of halogens is 3. The van der Waals surface area contributed by atoms with Gasteiger partial charge in [-0.05, 0) is 36.0 Å². The third-order valence-electron chi connectivity index (χ3n) is 3.02. The summed E-state index contributed by atoms with van der Waals surface area (Å²) in [4.78, 5) is 25.3. The molecular weight excluding hydrogens is 329 g/mol. The van der Waals surface area contributed by atoms with E-state index in [4.69, 9.17) is 12.2 Å². The summed E-state index contributed by atoms with van der Waals surface area (Å²) in [6, 6.07) is 4.34. The van der Waals surface area contributed by atoms with Crippen LogP contribution in [-0.4, -0.2) is 28.4 Å². The maximum Gasteiger partial charge on any atom is 0.416 e. The van der Waals surface area contributed by atoms with Crippen molar-refractivity contribution in [2.75, 3.05) is 6.54 Å². The molecule has 0 saturated carbocycles. The molecule has 8 heteroatoms. The Morgan fingerprint density at radius 2 is 2.00 bits per heavy atom. The molecule has 0 bridgehead atoms. The summed E-state index contributed by atoms with van der Waals surface area (Å²) in [5, 5.41) is 2.25. The highest BCUT2D eigenvalue weighted by Gasteiger charge is 2.33. The maximum absolute atomic E-state index is 12.7. The van der Waals surface area contributed by atoms with E-state index < -0.39 is 23.6 Å². The molecule has 4 nitrogen and oxygen atoms in total. The van der Waals surface area contributed by atoms with Crippen LogP contribution in [0.3, 0.4) is 0 Å². The van der Waals surface area contributed by atoms with Gasteiger partial charge in [0.1, 0.15) is 5.57 Å². The van der Waals surface area contributed by atoms with Gasteiger partial charge in [0.05, 0.1) is 5.56 Å². The predicted octanol–water partition coefficient (Wildman–Crippen LogP) is 2.52. The van der Waals surface area contributed by atoms with Gasteiger partial charge in [-0.15, -0.1) is 6.58 Å². The predicted molar refractivity (Wildman–Crippen MR) is 82.1 cm³/mol. The van der Waals surface area contributed by atoms with E-state index in [1.165, 1.54) is 18.2 Å². The van der Waals surface area contributed by atoms with Crippen molar-refractivity contribution < 1.29 is 22.8 Å². The average Bonchev–Trinajstić information content (AvgIpc) is 2.47. The number of carbonyl (C=O) groups is 2. The lowest BCUT2D eigenvalue weighted by molar-refractivity contribution is -0.137. The SMILES string of the molecule is C=CCN1C(=O)/C(=C/c2cccc(C(F)(F)F)c2)C(=O)NC1=S. The van der Waals surface area contributed by atoms with Gasteiger partial charge in [-0.3, -0.25) is 19.8 Å². The van der Waals surface area contributed by atoms with Crippen LogP contribution in [0.4, 0.5) is 13.2 Å². The molecule has 1 aliphatic rings. The Morgan fingerprint density at radius 1 is 1.30 bits per heavy atom. The first kappa shape index (κ1) is 16.9. The summed E-state index contributed by atoms with van der Waals surface area (Å²) in [6.07, 6.45) is -1.99. The van der Waals surface area contributed by atoms with Gasteiger partial charge in [0, 0.05) is 6.54 Å². The molecule has 0 aromatic heterocycles. The molecule has 0 spiro atoms. The lowest BCUT2D eigenvalue weighted by Crippen LogP contribution is -2.53. The minimum atomic E-state index is -4.51. The second-order valence-electron chi connectivity index (χ2n) is 4.64. The van der Waals surface area contributed by atoms with E-state index in [1.807, 2.05) is 0 Å². The van der Waals surface area contributed by atoms with Crippen LogP contribution in [0.2, 0.25) is 0 Å². The Balaban J connectivity index is 2.41. The average molecular weight is 340 g/mol. The Morgan fingerprint density at radius 3 is 2.61 bits per heavy atom. The molecule has 1 aromatic carbocycles. The summed E-state index contributed by atoms with van der Waals surface area (Å²) in [5.74, 6) is -1.44. The standard InChI is InChI=1S/C15H11F3N2O2S/c1-2-6-20-13(22)11(12(21)19-14(20)23)8-9-4-3-5-10(7-9)15(16,17)18/h2-5,7-8H,1,6H2,(H,19,21,23)/b11-8+. The van der Waals surface area contributed by atoms with Crippen LogP contribution in [0, 0.1) is 0 Å². The van der Waals surface area contributed by atoms with E-state index in [0.717, 1.165) is 23.1 Å². The third kappa shape index (κ3) is 3.65. The molecule has 1 fully saturated rings. The Labute approximate surface area is 135 Å². The number of thiocarbonyl (C=S) groups is 1. The smallest absolute Gasteiger partial charge is 0.298 e. The van der Waals surface area contributed by atoms with Crippen LogP contribution in [-0.2, 0) is 15.8 Å². The fraction of sp³-hybridized carbons (Fsp3) is 0.133. The second-order valence-corrected chi connectivity index (χ2v) is 5.03. The van der Waals surface area contributed by atoms with Gasteiger partial charge in [-0.25, -0.2) is 0 Å². The van der Waals surface area contributed by atoms with E-state index >= 15 is 0 Å². The number of nitrogens with zero attached hydrogens (tertiary/aromatic N) is 1. The summed E-state index contributed by atoms with van der Waals surface area (Å²) >= 11 is 4.88. The van der Waals surface area contributed by atoms with E-state index in [0.29, 0.717) is 0 Å². The highest BCUT2D eigenvalue weighted by atomic mass is 32.1. The molecule has 0 atom stereocenters. The zero-order valence-electron chi connectivity index (χ0n) is 11.7. The number of carbonyl (C=O) groups excluding carboxylic acids is 2. The first-order valence-corrected chi connectivity index (χ1v) is 6.82. The summed E-state index contributed by atoms with van der Waals surface area (Å²) in [7, 11) is 0. The number of hydrogen-bond acceptors (Lipinski definition) is 3. The number of hydrogen-bond donors (Lipinski definition) is 1. The van der Waals surface area contributed by atoms with E-state index in [9.17, 15) is 22.8 Å². The van der Waals surface area contributed by atoms with Crippen molar-refractivity contribution in [2.24, 2.45) is 0 Å². The maximum atomic E-state index is 12.7. The van der Waals surface area contributed by atoms with E-state index in [1.54, 1.807) is 0 Å². The van der Waals surface area contributed by atoms with Crippen LogP contribution in [0.5, 0.6) is 0 Å². The molecule has 0 aliphatic carbocycles. The molecule has 2 rings (SSSR count). The molecule has 1 N–H and O–H groups in total. The lowest BCUT2D eigenvalue weighted by atomic mass is 10.1. The van der Waals surface area contributed by atoms with Crippen molar-refractivity contribution in [1.82, 2.24) is 10.2 Å². The van der Waals surface area contributed by atoms with Crippen LogP contribution >= 0.6 is 12.2 Å². The van der Waals surface area contributed by atoms with Gasteiger partial charge in [0.15, 0.2) is 5.11 Å². The molecule has 23 heavy (non-hydrogen) atoms. The fourth-order valence-corrected chi connectivity index (χ4v) is 2.21. The Bertz CT molecular complexity index is 726. The van der Waals surface area contributed by atoms with Crippen molar-refractivity contribution in [3.8, 4) is 0 Å². The van der Waals surface area contributed by atoms with Gasteiger partial charge in [0.25, 0.3) is 11.8 Å². The van der Waals surface area contributed by atoms with Gasteiger partial charge in [0.2, 0.25) is 0 Å². The minimum Gasteiger partial charge on any atom is -0.298 e. The Hall–Kier alpha value is -2.48. The summed E-state index contributed by atoms with van der Waals surface area (Å²) in [5.41, 5.74) is -1.07. The van der Waals surface area contributed by atoms with Gasteiger partial charge in [-0.1, -0.05) is 18.2 Å². The van der Waals surface area contributed by atoms with E-state index in [-0.39, 0.29) is 22.8 Å². The number of rotatable bonds is 3. The first-order valence-electron chi connectivity index (χ1n) is 6.41. The fourth-order valence-electron chi connectivity index (χ4n) is 1.96. The Kier molecular flexibility index (Phi) is 4.65. The van der Waals surface area contributed by atoms with Crippen LogP contribution in [0.1, 0.15) is 11.1 Å². The largest absolute Gasteiger partial charge is 0.416 e. The summed E-state index contributed by atoms with van der Waals surface area (Å²) < 4.78 is 38.1. The van der Waals surface area contributed by atoms with Gasteiger partial charge in [-0.2, -0.15) is 13.2 Å². The van der Waals surface area contributed by atoms with Crippen molar-refractivity contribution in [2.45, 2.75) is 6.18 Å². The second kappa shape index (κ2) is 6.33. The molecule has 1 heterocycles. The molecular formula is C15H11F3N2O2S. The summed E-state index contributed by atoms with van der Waals surface area (Å²) in [6.45, 7) is 3.56. The van der Waals surface area contributed by atoms with Crippen molar-refractivity contribution in [3.63, 3.8) is 0 Å². The van der Waals surface area contributed by atoms with E-state index in [2.05, 4.69) is 11.9 Å². The molecule has 0 unspecified atom stereocenters. The number of benzene rings is 1. The molecule has 1 saturated heterocycles. The van der Waals surface area contributed by atoms with Crippen molar-refractivity contribution >= 4 is 35.2 Å². The van der Waals surface area contributed by atoms with Crippen LogP contribution in [0.25, 0.3) is 6.08 Å². The highest BCUT2D eigenvalue weighted by Crippen LogP contribution is 2.30. The van der Waals surface area contributed by atoms with Gasteiger partial charge >= 0.3 is 6.18 Å². The molecule has 1 aromatic rings. The normalized spacial score (nSPS) is 17.4. The van der Waals surface area contributed by atoms with Crippen molar-refractivity contribution in [3.05, 3.63) is 53.6 Å². The van der Waals surface area contributed by atoms with Crippen LogP contribution in [0.15, 0.2) is 42.5 Å². The molecule has 0 radical (unpaired) electrons. The quantitative estimate of drug-likeness (QED) is 0.398. The number of nitrogens with one attached hydrogen (secondary N) is 1. The monoisotopic (exact) mass is 340 g/mol. The molecule has 120 valence electrons. The lowest BCUT2D eigenvalue weighted by Gasteiger charge is -2.27. The molecule has 2 amide bonds. The first-order chi connectivity index (χ1) is 10.7. The van der Waals surface area contributed by atoms with Crippen molar-refractivity contribution in [1.29, 1.82) is 0 Å². The highest BCUT2D eigenvalue weighted by molar-refractivity contribution is 7.80. The molecule has 1 aliphatic heterocycles.